The second-order valence-corrected chi connectivity index (χ2v) is 6.33. The fourth-order valence-electron chi connectivity index (χ4n) is 3.02. The molecule has 0 bridgehead atoms. The standard InChI is InChI=1S/C15H30N4O/c1-14(13-18-6-4-3-5-7-18)16-12-15(20)19-10-8-17(2)9-11-19/h14,16H,3-13H2,1-2H3. The third-order valence-electron chi connectivity index (χ3n) is 4.44. The lowest BCUT2D eigenvalue weighted by molar-refractivity contribution is -0.131. The number of nitrogens with one attached hydrogen (secondary N) is 1. The van der Waals surface area contributed by atoms with E-state index in [9.17, 15) is 4.79 Å². The Hall–Kier alpha value is -0.650. The number of rotatable bonds is 5. The van der Waals surface area contributed by atoms with Crippen molar-refractivity contribution in [2.45, 2.75) is 32.2 Å². The average Bonchev–Trinajstić information content (AvgIpc) is 2.46. The second kappa shape index (κ2) is 7.96. The molecule has 20 heavy (non-hydrogen) atoms. The Morgan fingerprint density at radius 2 is 1.70 bits per heavy atom. The molecule has 5 nitrogen and oxygen atoms in total. The van der Waals surface area contributed by atoms with Gasteiger partial charge in [-0.3, -0.25) is 4.79 Å². The summed E-state index contributed by atoms with van der Waals surface area (Å²) in [6.07, 6.45) is 4.03. The largest absolute Gasteiger partial charge is 0.339 e. The van der Waals surface area contributed by atoms with E-state index in [2.05, 4.69) is 29.1 Å². The van der Waals surface area contributed by atoms with Gasteiger partial charge in [0.05, 0.1) is 6.54 Å². The number of carbonyl (C=O) groups is 1. The molecule has 0 aromatic rings. The third kappa shape index (κ3) is 5.04. The number of piperidine rings is 1. The minimum atomic E-state index is 0.253. The van der Waals surface area contributed by atoms with Crippen LogP contribution >= 0.6 is 0 Å². The van der Waals surface area contributed by atoms with Gasteiger partial charge >= 0.3 is 0 Å². The SMILES string of the molecule is CC(CN1CCCCC1)NCC(=O)N1CCN(C)CC1. The van der Waals surface area contributed by atoms with Gasteiger partial charge in [0, 0.05) is 38.8 Å². The summed E-state index contributed by atoms with van der Waals surface area (Å²) in [4.78, 5) is 18.9. The molecule has 1 atom stereocenters. The number of hydrogen-bond acceptors (Lipinski definition) is 4. The van der Waals surface area contributed by atoms with Gasteiger partial charge < -0.3 is 20.0 Å². The Labute approximate surface area is 123 Å². The Morgan fingerprint density at radius 3 is 2.35 bits per heavy atom. The minimum Gasteiger partial charge on any atom is -0.339 e. The summed E-state index contributed by atoms with van der Waals surface area (Å²) in [6, 6.07) is 0.393. The van der Waals surface area contributed by atoms with Gasteiger partial charge in [-0.2, -0.15) is 0 Å². The number of likely N-dealkylation sites (tertiary alicyclic amines) is 1. The van der Waals surface area contributed by atoms with E-state index in [0.29, 0.717) is 12.6 Å². The lowest BCUT2D eigenvalue weighted by Crippen LogP contribution is -2.51. The molecule has 2 heterocycles. The maximum absolute atomic E-state index is 12.1. The molecule has 0 aromatic carbocycles. The van der Waals surface area contributed by atoms with E-state index in [-0.39, 0.29) is 5.91 Å². The maximum Gasteiger partial charge on any atom is 0.236 e. The smallest absolute Gasteiger partial charge is 0.236 e. The van der Waals surface area contributed by atoms with E-state index in [1.165, 1.54) is 32.4 Å². The molecule has 5 heteroatoms. The van der Waals surface area contributed by atoms with Crippen molar-refractivity contribution in [3.8, 4) is 0 Å². The van der Waals surface area contributed by atoms with Crippen LogP contribution in [0.3, 0.4) is 0 Å². The molecule has 1 unspecified atom stereocenters. The molecule has 0 radical (unpaired) electrons. The van der Waals surface area contributed by atoms with Crippen LogP contribution in [-0.4, -0.2) is 86.1 Å². The number of hydrogen-bond donors (Lipinski definition) is 1. The highest BCUT2D eigenvalue weighted by Crippen LogP contribution is 2.08. The quantitative estimate of drug-likeness (QED) is 0.783. The molecule has 1 N–H and O–H groups in total. The molecule has 2 aliphatic heterocycles. The number of nitrogens with zero attached hydrogens (tertiary/aromatic N) is 3. The molecule has 2 saturated heterocycles. The summed E-state index contributed by atoms with van der Waals surface area (Å²) in [5.41, 5.74) is 0. The topological polar surface area (TPSA) is 38.8 Å². The van der Waals surface area contributed by atoms with Crippen LogP contribution in [0.15, 0.2) is 0 Å². The van der Waals surface area contributed by atoms with Crippen molar-refractivity contribution in [2.24, 2.45) is 0 Å². The van der Waals surface area contributed by atoms with Crippen LogP contribution in [0.1, 0.15) is 26.2 Å². The fraction of sp³-hybridized carbons (Fsp3) is 0.933. The van der Waals surface area contributed by atoms with Gasteiger partial charge in [-0.25, -0.2) is 0 Å². The summed E-state index contributed by atoms with van der Waals surface area (Å²) < 4.78 is 0. The first-order chi connectivity index (χ1) is 9.65. The number of piperazine rings is 1. The number of amides is 1. The highest BCUT2D eigenvalue weighted by Gasteiger charge is 2.19. The van der Waals surface area contributed by atoms with Crippen LogP contribution in [0.25, 0.3) is 0 Å². The molecule has 0 spiro atoms. The Balaban J connectivity index is 1.62. The zero-order chi connectivity index (χ0) is 14.4. The van der Waals surface area contributed by atoms with Gasteiger partial charge in [0.15, 0.2) is 0 Å². The first kappa shape index (κ1) is 15.7. The van der Waals surface area contributed by atoms with Gasteiger partial charge in [-0.1, -0.05) is 6.42 Å². The molecule has 2 fully saturated rings. The molecule has 1 amide bonds. The van der Waals surface area contributed by atoms with Crippen molar-refractivity contribution in [1.29, 1.82) is 0 Å². The van der Waals surface area contributed by atoms with E-state index >= 15 is 0 Å². The normalized spacial score (nSPS) is 23.8. The van der Waals surface area contributed by atoms with Crippen molar-refractivity contribution in [2.75, 3.05) is 59.4 Å². The molecule has 116 valence electrons. The summed E-state index contributed by atoms with van der Waals surface area (Å²) >= 11 is 0. The van der Waals surface area contributed by atoms with Gasteiger partial charge in [-0.15, -0.1) is 0 Å². The zero-order valence-corrected chi connectivity index (χ0v) is 13.1. The molecule has 2 rings (SSSR count). The predicted molar refractivity (Wildman–Crippen MR) is 81.8 cm³/mol. The van der Waals surface area contributed by atoms with E-state index in [4.69, 9.17) is 0 Å². The molecular formula is C15H30N4O. The van der Waals surface area contributed by atoms with Crippen molar-refractivity contribution in [3.63, 3.8) is 0 Å². The predicted octanol–water partition coefficient (Wildman–Crippen LogP) is 0.224. The molecule has 0 saturated carbocycles. The fourth-order valence-corrected chi connectivity index (χ4v) is 3.02. The number of likely N-dealkylation sites (N-methyl/N-ethyl adjacent to an activating group) is 1. The highest BCUT2D eigenvalue weighted by atomic mass is 16.2. The van der Waals surface area contributed by atoms with Gasteiger partial charge in [0.2, 0.25) is 5.91 Å². The Kier molecular flexibility index (Phi) is 6.26. The van der Waals surface area contributed by atoms with Gasteiger partial charge in [0.1, 0.15) is 0 Å². The summed E-state index contributed by atoms with van der Waals surface area (Å²) in [5, 5.41) is 3.39. The van der Waals surface area contributed by atoms with E-state index in [1.54, 1.807) is 0 Å². The van der Waals surface area contributed by atoms with Crippen LogP contribution < -0.4 is 5.32 Å². The van der Waals surface area contributed by atoms with E-state index < -0.39 is 0 Å². The third-order valence-corrected chi connectivity index (χ3v) is 4.44. The van der Waals surface area contributed by atoms with Crippen LogP contribution in [0.2, 0.25) is 0 Å². The van der Waals surface area contributed by atoms with Crippen LogP contribution in [0, 0.1) is 0 Å². The lowest BCUT2D eigenvalue weighted by atomic mass is 10.1. The van der Waals surface area contributed by atoms with Crippen LogP contribution in [-0.2, 0) is 4.79 Å². The van der Waals surface area contributed by atoms with Crippen LogP contribution in [0.5, 0.6) is 0 Å². The molecule has 0 aromatic heterocycles. The first-order valence-electron chi connectivity index (χ1n) is 8.07. The molecule has 0 aliphatic carbocycles. The average molecular weight is 282 g/mol. The van der Waals surface area contributed by atoms with Crippen molar-refractivity contribution in [1.82, 2.24) is 20.0 Å². The second-order valence-electron chi connectivity index (χ2n) is 6.33. The first-order valence-corrected chi connectivity index (χ1v) is 8.07. The van der Waals surface area contributed by atoms with Crippen molar-refractivity contribution < 1.29 is 4.79 Å². The number of carbonyl (C=O) groups excluding carboxylic acids is 1. The van der Waals surface area contributed by atoms with E-state index in [1.807, 2.05) is 4.90 Å². The summed E-state index contributed by atoms with van der Waals surface area (Å²) in [5.74, 6) is 0.253. The van der Waals surface area contributed by atoms with E-state index in [0.717, 1.165) is 32.7 Å². The zero-order valence-electron chi connectivity index (χ0n) is 13.1. The van der Waals surface area contributed by atoms with Gasteiger partial charge in [0.25, 0.3) is 0 Å². The highest BCUT2D eigenvalue weighted by molar-refractivity contribution is 5.78. The Bertz CT molecular complexity index is 296. The summed E-state index contributed by atoms with van der Waals surface area (Å²) in [6.45, 7) is 9.91. The minimum absolute atomic E-state index is 0.253. The lowest BCUT2D eigenvalue weighted by Gasteiger charge is -2.33. The maximum atomic E-state index is 12.1. The Morgan fingerprint density at radius 1 is 1.05 bits per heavy atom. The monoisotopic (exact) mass is 282 g/mol. The van der Waals surface area contributed by atoms with Gasteiger partial charge in [-0.05, 0) is 39.9 Å². The van der Waals surface area contributed by atoms with Crippen molar-refractivity contribution >= 4 is 5.91 Å². The molecule has 2 aliphatic rings. The van der Waals surface area contributed by atoms with Crippen molar-refractivity contribution in [3.05, 3.63) is 0 Å². The summed E-state index contributed by atoms with van der Waals surface area (Å²) in [7, 11) is 2.11. The molecular weight excluding hydrogens is 252 g/mol. The van der Waals surface area contributed by atoms with Crippen LogP contribution in [0.4, 0.5) is 0 Å².